The summed E-state index contributed by atoms with van der Waals surface area (Å²) in [7, 11) is 0. The molecule has 0 aliphatic carbocycles. The molecule has 0 spiro atoms. The van der Waals surface area contributed by atoms with Gasteiger partial charge in [0.25, 0.3) is 5.91 Å². The quantitative estimate of drug-likeness (QED) is 0.842. The number of benzene rings is 1. The van der Waals surface area contributed by atoms with Crippen LogP contribution in [-0.4, -0.2) is 46.3 Å². The van der Waals surface area contributed by atoms with Crippen LogP contribution in [0.1, 0.15) is 47.1 Å². The summed E-state index contributed by atoms with van der Waals surface area (Å²) in [6.07, 6.45) is 2.02. The number of hydrogen-bond acceptors (Lipinski definition) is 3. The second-order valence-corrected chi connectivity index (χ2v) is 6.93. The predicted octanol–water partition coefficient (Wildman–Crippen LogP) is 3.18. The van der Waals surface area contributed by atoms with E-state index in [4.69, 9.17) is 0 Å². The minimum atomic E-state index is 0. The van der Waals surface area contributed by atoms with Crippen molar-refractivity contribution in [3.05, 3.63) is 52.8 Å². The zero-order valence-electron chi connectivity index (χ0n) is 15.9. The number of amides is 1. The van der Waals surface area contributed by atoms with Crippen LogP contribution in [0.4, 0.5) is 0 Å². The van der Waals surface area contributed by atoms with Crippen LogP contribution in [0.2, 0.25) is 0 Å². The zero-order valence-corrected chi connectivity index (χ0v) is 16.7. The van der Waals surface area contributed by atoms with Gasteiger partial charge in [0.05, 0.1) is 12.2 Å². The van der Waals surface area contributed by atoms with E-state index < -0.39 is 0 Å². The molecule has 0 saturated carbocycles. The van der Waals surface area contributed by atoms with Crippen molar-refractivity contribution in [2.75, 3.05) is 19.6 Å². The molecule has 3 rings (SSSR count). The minimum Gasteiger partial charge on any atom is -0.334 e. The molecule has 1 fully saturated rings. The van der Waals surface area contributed by atoms with Gasteiger partial charge in [-0.1, -0.05) is 19.1 Å². The van der Waals surface area contributed by atoms with Gasteiger partial charge in [-0.25, -0.2) is 0 Å². The maximum Gasteiger partial charge on any atom is 0.254 e. The highest BCUT2D eigenvalue weighted by Gasteiger charge is 2.26. The molecule has 1 unspecified atom stereocenters. The summed E-state index contributed by atoms with van der Waals surface area (Å²) in [6, 6.07) is 10.4. The van der Waals surface area contributed by atoms with Gasteiger partial charge in [-0.05, 0) is 57.0 Å². The third kappa shape index (κ3) is 4.65. The number of nitrogens with zero attached hydrogens (tertiary/aromatic N) is 3. The molecule has 1 N–H and O–H groups in total. The number of aromatic nitrogens is 2. The van der Waals surface area contributed by atoms with Crippen molar-refractivity contribution < 1.29 is 4.79 Å². The lowest BCUT2D eigenvalue weighted by molar-refractivity contribution is 0.0692. The SMILES string of the molecule is CCCN(C(=O)c1cccc(Cn2nc(C)cc2C)c1)C1CCNC1.Cl. The standard InChI is InChI=1S/C20H28N4O.ClH/c1-4-10-23(19-8-9-21-13-19)20(25)18-7-5-6-17(12-18)14-24-16(3)11-15(2)22-24;/h5-7,11-12,19,21H,4,8-10,13-14H2,1-3H3;1H. The normalized spacial score (nSPS) is 16.3. The molecule has 1 amide bonds. The van der Waals surface area contributed by atoms with Crippen LogP contribution in [0.5, 0.6) is 0 Å². The number of hydrogen-bond donors (Lipinski definition) is 1. The van der Waals surface area contributed by atoms with Crippen molar-refractivity contribution in [3.63, 3.8) is 0 Å². The first-order valence-corrected chi connectivity index (χ1v) is 9.20. The number of halogens is 1. The number of carbonyl (C=O) groups is 1. The molecular formula is C20H29ClN4O. The predicted molar refractivity (Wildman–Crippen MR) is 107 cm³/mol. The third-order valence-corrected chi connectivity index (χ3v) is 4.81. The third-order valence-electron chi connectivity index (χ3n) is 4.81. The van der Waals surface area contributed by atoms with E-state index in [2.05, 4.69) is 36.4 Å². The molecule has 6 heteroatoms. The van der Waals surface area contributed by atoms with Crippen LogP contribution in [-0.2, 0) is 6.54 Å². The van der Waals surface area contributed by atoms with E-state index in [-0.39, 0.29) is 18.3 Å². The smallest absolute Gasteiger partial charge is 0.254 e. The molecular weight excluding hydrogens is 348 g/mol. The molecule has 142 valence electrons. The Hall–Kier alpha value is -1.85. The van der Waals surface area contributed by atoms with Crippen molar-refractivity contribution in [3.8, 4) is 0 Å². The second-order valence-electron chi connectivity index (χ2n) is 6.93. The number of nitrogens with one attached hydrogen (secondary N) is 1. The lowest BCUT2D eigenvalue weighted by atomic mass is 10.1. The molecule has 1 aliphatic rings. The molecule has 1 saturated heterocycles. The van der Waals surface area contributed by atoms with Gasteiger partial charge in [0.2, 0.25) is 0 Å². The average Bonchev–Trinajstić information content (AvgIpc) is 3.22. The average molecular weight is 377 g/mol. The number of rotatable bonds is 6. The monoisotopic (exact) mass is 376 g/mol. The maximum absolute atomic E-state index is 13.1. The van der Waals surface area contributed by atoms with Crippen LogP contribution >= 0.6 is 12.4 Å². The van der Waals surface area contributed by atoms with Crippen LogP contribution in [0, 0.1) is 13.8 Å². The van der Waals surface area contributed by atoms with E-state index in [1.54, 1.807) is 0 Å². The summed E-state index contributed by atoms with van der Waals surface area (Å²) >= 11 is 0. The first-order chi connectivity index (χ1) is 12.1. The Morgan fingerprint density at radius 2 is 2.15 bits per heavy atom. The second kappa shape index (κ2) is 9.19. The van der Waals surface area contributed by atoms with Gasteiger partial charge < -0.3 is 10.2 Å². The lowest BCUT2D eigenvalue weighted by Crippen LogP contribution is -2.42. The van der Waals surface area contributed by atoms with E-state index in [9.17, 15) is 4.79 Å². The molecule has 26 heavy (non-hydrogen) atoms. The van der Waals surface area contributed by atoms with Gasteiger partial charge in [-0.2, -0.15) is 5.10 Å². The molecule has 1 aliphatic heterocycles. The summed E-state index contributed by atoms with van der Waals surface area (Å²) in [5, 5.41) is 7.89. The fraction of sp³-hybridized carbons (Fsp3) is 0.500. The van der Waals surface area contributed by atoms with Gasteiger partial charge >= 0.3 is 0 Å². The van der Waals surface area contributed by atoms with Crippen LogP contribution in [0.3, 0.4) is 0 Å². The van der Waals surface area contributed by atoms with Crippen molar-refractivity contribution in [2.24, 2.45) is 0 Å². The molecule has 0 radical (unpaired) electrons. The molecule has 0 bridgehead atoms. The Kier molecular flexibility index (Phi) is 7.23. The van der Waals surface area contributed by atoms with Crippen LogP contribution in [0.15, 0.2) is 30.3 Å². The van der Waals surface area contributed by atoms with Crippen LogP contribution in [0.25, 0.3) is 0 Å². The van der Waals surface area contributed by atoms with Gasteiger partial charge in [-0.3, -0.25) is 9.48 Å². The lowest BCUT2D eigenvalue weighted by Gasteiger charge is -2.28. The van der Waals surface area contributed by atoms with E-state index >= 15 is 0 Å². The van der Waals surface area contributed by atoms with Gasteiger partial charge in [-0.15, -0.1) is 12.4 Å². The Bertz CT molecular complexity index is 737. The topological polar surface area (TPSA) is 50.2 Å². The molecule has 2 aromatic rings. The van der Waals surface area contributed by atoms with Crippen molar-refractivity contribution >= 4 is 18.3 Å². The highest BCUT2D eigenvalue weighted by atomic mass is 35.5. The van der Waals surface area contributed by atoms with E-state index in [0.717, 1.165) is 55.0 Å². The highest BCUT2D eigenvalue weighted by molar-refractivity contribution is 5.94. The van der Waals surface area contributed by atoms with E-state index in [1.165, 1.54) is 0 Å². The summed E-state index contributed by atoms with van der Waals surface area (Å²) in [5.74, 6) is 0.144. The number of aryl methyl sites for hydroxylation is 2. The summed E-state index contributed by atoms with van der Waals surface area (Å²) in [6.45, 7) is 9.59. The van der Waals surface area contributed by atoms with E-state index in [1.807, 2.05) is 34.7 Å². The Labute approximate surface area is 162 Å². The largest absolute Gasteiger partial charge is 0.334 e. The van der Waals surface area contributed by atoms with Crippen molar-refractivity contribution in [2.45, 2.75) is 46.2 Å². The zero-order chi connectivity index (χ0) is 17.8. The Morgan fingerprint density at radius 3 is 2.77 bits per heavy atom. The Balaban J connectivity index is 0.00000243. The maximum atomic E-state index is 13.1. The van der Waals surface area contributed by atoms with Crippen molar-refractivity contribution in [1.29, 1.82) is 0 Å². The van der Waals surface area contributed by atoms with Crippen LogP contribution < -0.4 is 5.32 Å². The molecule has 2 heterocycles. The highest BCUT2D eigenvalue weighted by Crippen LogP contribution is 2.16. The molecule has 5 nitrogen and oxygen atoms in total. The molecule has 1 aromatic carbocycles. The number of carbonyl (C=O) groups excluding carboxylic acids is 1. The van der Waals surface area contributed by atoms with Crippen molar-refractivity contribution in [1.82, 2.24) is 20.0 Å². The fourth-order valence-electron chi connectivity index (χ4n) is 3.57. The molecule has 1 aromatic heterocycles. The summed E-state index contributed by atoms with van der Waals surface area (Å²) < 4.78 is 1.99. The minimum absolute atomic E-state index is 0. The Morgan fingerprint density at radius 1 is 1.35 bits per heavy atom. The van der Waals surface area contributed by atoms with Gasteiger partial charge in [0, 0.05) is 30.4 Å². The summed E-state index contributed by atoms with van der Waals surface area (Å²) in [4.78, 5) is 15.1. The summed E-state index contributed by atoms with van der Waals surface area (Å²) in [5.41, 5.74) is 4.05. The first kappa shape index (κ1) is 20.5. The fourth-order valence-corrected chi connectivity index (χ4v) is 3.57. The van der Waals surface area contributed by atoms with E-state index in [0.29, 0.717) is 12.6 Å². The van der Waals surface area contributed by atoms with Gasteiger partial charge in [0.1, 0.15) is 0 Å². The first-order valence-electron chi connectivity index (χ1n) is 9.20. The molecule has 1 atom stereocenters. The van der Waals surface area contributed by atoms with Gasteiger partial charge in [0.15, 0.2) is 0 Å².